The molecule has 0 bridgehead atoms. The fourth-order valence-electron chi connectivity index (χ4n) is 2.66. The van der Waals surface area contributed by atoms with E-state index in [2.05, 4.69) is 20.6 Å². The van der Waals surface area contributed by atoms with Crippen LogP contribution in [0.5, 0.6) is 0 Å². The molecule has 28 heavy (non-hydrogen) atoms. The minimum atomic E-state index is -0.236. The van der Waals surface area contributed by atoms with Crippen molar-refractivity contribution in [2.24, 2.45) is 0 Å². The average Bonchev–Trinajstić information content (AvgIpc) is 2.70. The van der Waals surface area contributed by atoms with Gasteiger partial charge in [0.2, 0.25) is 5.95 Å². The molecule has 0 saturated carbocycles. The Kier molecular flexibility index (Phi) is 6.92. The molecular weight excluding hydrogens is 379 g/mol. The van der Waals surface area contributed by atoms with E-state index in [0.717, 1.165) is 5.56 Å². The number of rotatable bonds is 8. The van der Waals surface area contributed by atoms with E-state index in [4.69, 9.17) is 11.6 Å². The Bertz CT molecular complexity index is 934. The lowest BCUT2D eigenvalue weighted by atomic mass is 10.1. The molecule has 0 saturated heterocycles. The summed E-state index contributed by atoms with van der Waals surface area (Å²) >= 11 is 5.95. The van der Waals surface area contributed by atoms with Gasteiger partial charge < -0.3 is 10.6 Å². The number of amides is 1. The zero-order valence-electron chi connectivity index (χ0n) is 15.2. The quantitative estimate of drug-likeness (QED) is 0.604. The van der Waals surface area contributed by atoms with Crippen molar-refractivity contribution < 1.29 is 9.18 Å². The molecule has 0 radical (unpaired) electrons. The molecule has 0 spiro atoms. The summed E-state index contributed by atoms with van der Waals surface area (Å²) in [5, 5.41) is 6.53. The summed E-state index contributed by atoms with van der Waals surface area (Å²) in [6, 6.07) is 14.2. The Morgan fingerprint density at radius 1 is 1.00 bits per heavy atom. The number of nitrogens with zero attached hydrogens (tertiary/aromatic N) is 2. The molecule has 7 heteroatoms. The van der Waals surface area contributed by atoms with Crippen LogP contribution in [0.1, 0.15) is 21.5 Å². The number of aromatic nitrogens is 2. The summed E-state index contributed by atoms with van der Waals surface area (Å²) < 4.78 is 13.6. The highest BCUT2D eigenvalue weighted by molar-refractivity contribution is 6.30. The Morgan fingerprint density at radius 2 is 1.79 bits per heavy atom. The van der Waals surface area contributed by atoms with Gasteiger partial charge in [0, 0.05) is 30.5 Å². The molecule has 144 valence electrons. The topological polar surface area (TPSA) is 66.9 Å². The predicted octanol–water partition coefficient (Wildman–Crippen LogP) is 3.90. The van der Waals surface area contributed by atoms with Gasteiger partial charge in [-0.05, 0) is 42.2 Å². The Hall–Kier alpha value is -2.99. The molecule has 5 nitrogen and oxygen atoms in total. The van der Waals surface area contributed by atoms with Crippen LogP contribution in [0.15, 0.2) is 60.9 Å². The number of halogens is 2. The molecule has 3 rings (SSSR count). The SMILES string of the molecule is O=C(NCCc1cccc(Cl)c1)c1cnc(NCCc2ccccc2F)nc1. The molecule has 2 aromatic carbocycles. The molecule has 0 aliphatic rings. The van der Waals surface area contributed by atoms with E-state index in [1.807, 2.05) is 24.3 Å². The third-order valence-corrected chi connectivity index (χ3v) is 4.37. The maximum atomic E-state index is 13.6. The highest BCUT2D eigenvalue weighted by atomic mass is 35.5. The number of hydrogen-bond donors (Lipinski definition) is 2. The molecule has 0 aliphatic carbocycles. The van der Waals surface area contributed by atoms with Gasteiger partial charge in [0.15, 0.2) is 0 Å². The zero-order valence-corrected chi connectivity index (χ0v) is 15.9. The van der Waals surface area contributed by atoms with Crippen molar-refractivity contribution in [3.63, 3.8) is 0 Å². The Labute approximate surface area is 168 Å². The lowest BCUT2D eigenvalue weighted by molar-refractivity contribution is 0.0953. The summed E-state index contributed by atoms with van der Waals surface area (Å²) in [6.45, 7) is 0.980. The zero-order chi connectivity index (χ0) is 19.8. The van der Waals surface area contributed by atoms with Crippen molar-refractivity contribution in [2.45, 2.75) is 12.8 Å². The monoisotopic (exact) mass is 398 g/mol. The highest BCUT2D eigenvalue weighted by Gasteiger charge is 2.07. The van der Waals surface area contributed by atoms with E-state index in [9.17, 15) is 9.18 Å². The normalized spacial score (nSPS) is 10.5. The van der Waals surface area contributed by atoms with Gasteiger partial charge in [0.1, 0.15) is 5.82 Å². The number of hydrogen-bond acceptors (Lipinski definition) is 4. The minimum Gasteiger partial charge on any atom is -0.354 e. The average molecular weight is 399 g/mol. The van der Waals surface area contributed by atoms with Crippen LogP contribution in [0.4, 0.5) is 10.3 Å². The number of anilines is 1. The summed E-state index contributed by atoms with van der Waals surface area (Å²) in [4.78, 5) is 20.4. The van der Waals surface area contributed by atoms with Gasteiger partial charge in [-0.15, -0.1) is 0 Å². The van der Waals surface area contributed by atoms with Gasteiger partial charge in [-0.2, -0.15) is 0 Å². The van der Waals surface area contributed by atoms with E-state index in [-0.39, 0.29) is 11.7 Å². The summed E-state index contributed by atoms with van der Waals surface area (Å²) in [7, 11) is 0. The molecule has 1 heterocycles. The third kappa shape index (κ3) is 5.76. The molecule has 2 N–H and O–H groups in total. The number of carbonyl (C=O) groups is 1. The molecule has 0 unspecified atom stereocenters. The van der Waals surface area contributed by atoms with Gasteiger partial charge in [-0.1, -0.05) is 41.9 Å². The first-order chi connectivity index (χ1) is 13.6. The maximum Gasteiger partial charge on any atom is 0.254 e. The largest absolute Gasteiger partial charge is 0.354 e. The molecule has 0 aliphatic heterocycles. The molecule has 1 aromatic heterocycles. The van der Waals surface area contributed by atoms with Crippen LogP contribution in [0.3, 0.4) is 0 Å². The van der Waals surface area contributed by atoms with Gasteiger partial charge in [0.05, 0.1) is 5.56 Å². The van der Waals surface area contributed by atoms with E-state index in [0.29, 0.717) is 48.0 Å². The maximum absolute atomic E-state index is 13.6. The van der Waals surface area contributed by atoms with Gasteiger partial charge in [-0.25, -0.2) is 14.4 Å². The van der Waals surface area contributed by atoms with Gasteiger partial charge in [-0.3, -0.25) is 4.79 Å². The minimum absolute atomic E-state index is 0.227. The second-order valence-electron chi connectivity index (χ2n) is 6.20. The first-order valence-electron chi connectivity index (χ1n) is 8.94. The number of nitrogens with one attached hydrogen (secondary N) is 2. The van der Waals surface area contributed by atoms with Crippen LogP contribution in [0.25, 0.3) is 0 Å². The highest BCUT2D eigenvalue weighted by Crippen LogP contribution is 2.11. The van der Waals surface area contributed by atoms with Crippen LogP contribution in [-0.4, -0.2) is 29.0 Å². The van der Waals surface area contributed by atoms with E-state index in [1.54, 1.807) is 18.2 Å². The smallest absolute Gasteiger partial charge is 0.254 e. The van der Waals surface area contributed by atoms with Crippen LogP contribution >= 0.6 is 11.6 Å². The van der Waals surface area contributed by atoms with Crippen LogP contribution in [0, 0.1) is 5.82 Å². The van der Waals surface area contributed by atoms with E-state index < -0.39 is 0 Å². The molecule has 0 atom stereocenters. The lowest BCUT2D eigenvalue weighted by Crippen LogP contribution is -2.26. The first-order valence-corrected chi connectivity index (χ1v) is 9.31. The van der Waals surface area contributed by atoms with Crippen LogP contribution < -0.4 is 10.6 Å². The van der Waals surface area contributed by atoms with Crippen molar-refractivity contribution >= 4 is 23.5 Å². The van der Waals surface area contributed by atoms with Crippen molar-refractivity contribution in [2.75, 3.05) is 18.4 Å². The van der Waals surface area contributed by atoms with Crippen molar-refractivity contribution in [3.8, 4) is 0 Å². The van der Waals surface area contributed by atoms with Gasteiger partial charge in [0.25, 0.3) is 5.91 Å². The van der Waals surface area contributed by atoms with E-state index in [1.165, 1.54) is 18.5 Å². The summed E-state index contributed by atoms with van der Waals surface area (Å²) in [5.41, 5.74) is 2.06. The van der Waals surface area contributed by atoms with Crippen molar-refractivity contribution in [1.82, 2.24) is 15.3 Å². The molecule has 1 amide bonds. The van der Waals surface area contributed by atoms with Gasteiger partial charge >= 0.3 is 0 Å². The molecule has 3 aromatic rings. The third-order valence-electron chi connectivity index (χ3n) is 4.14. The predicted molar refractivity (Wildman–Crippen MR) is 108 cm³/mol. The van der Waals surface area contributed by atoms with E-state index >= 15 is 0 Å². The fourth-order valence-corrected chi connectivity index (χ4v) is 2.87. The fraction of sp³-hybridized carbons (Fsp3) is 0.190. The van der Waals surface area contributed by atoms with Crippen LogP contribution in [-0.2, 0) is 12.8 Å². The second-order valence-corrected chi connectivity index (χ2v) is 6.64. The summed E-state index contributed by atoms with van der Waals surface area (Å²) in [5.74, 6) is -0.0678. The Morgan fingerprint density at radius 3 is 2.54 bits per heavy atom. The van der Waals surface area contributed by atoms with Crippen molar-refractivity contribution in [1.29, 1.82) is 0 Å². The number of benzene rings is 2. The lowest BCUT2D eigenvalue weighted by Gasteiger charge is -2.07. The second kappa shape index (κ2) is 9.80. The van der Waals surface area contributed by atoms with Crippen molar-refractivity contribution in [3.05, 3.63) is 88.5 Å². The Balaban J connectivity index is 1.44. The number of carbonyl (C=O) groups excluding carboxylic acids is 1. The van der Waals surface area contributed by atoms with Crippen LogP contribution in [0.2, 0.25) is 5.02 Å². The standard InChI is InChI=1S/C21H20ClFN4O/c22-18-6-3-4-15(12-18)8-10-24-20(28)17-13-26-21(27-14-17)25-11-9-16-5-1-2-7-19(16)23/h1-7,12-14H,8-11H2,(H,24,28)(H,25,26,27). The molecule has 0 fully saturated rings. The summed E-state index contributed by atoms with van der Waals surface area (Å²) in [6.07, 6.45) is 4.13. The first kappa shape index (κ1) is 19.8. The molecular formula is C21H20ClFN4O.